The summed E-state index contributed by atoms with van der Waals surface area (Å²) in [5, 5.41) is 7.62. The van der Waals surface area contributed by atoms with Gasteiger partial charge in [-0.3, -0.25) is 9.48 Å². The summed E-state index contributed by atoms with van der Waals surface area (Å²) >= 11 is 6.37. The van der Waals surface area contributed by atoms with Crippen molar-refractivity contribution >= 4 is 23.3 Å². The number of nitrogens with zero attached hydrogens (tertiary/aromatic N) is 2. The van der Waals surface area contributed by atoms with Crippen LogP contribution >= 0.6 is 11.6 Å². The normalized spacial score (nSPS) is 19.3. The maximum atomic E-state index is 12.0. The van der Waals surface area contributed by atoms with E-state index in [4.69, 9.17) is 21.1 Å². The molecular formula is C14H12ClN3O3. The van der Waals surface area contributed by atoms with E-state index in [0.717, 1.165) is 11.1 Å². The van der Waals surface area contributed by atoms with E-state index in [1.807, 2.05) is 6.07 Å². The number of fused-ring (bicyclic) bond motifs is 2. The van der Waals surface area contributed by atoms with Gasteiger partial charge in [0.1, 0.15) is 5.82 Å². The molecule has 1 atom stereocenters. The number of ether oxygens (including phenoxy) is 2. The molecule has 2 aromatic rings. The number of rotatable bonds is 1. The van der Waals surface area contributed by atoms with Gasteiger partial charge in [-0.25, -0.2) is 0 Å². The van der Waals surface area contributed by atoms with Gasteiger partial charge in [0.2, 0.25) is 12.7 Å². The molecule has 0 saturated carbocycles. The summed E-state index contributed by atoms with van der Waals surface area (Å²) in [6, 6.07) is 3.59. The third-order valence-corrected chi connectivity index (χ3v) is 4.18. The second-order valence-corrected chi connectivity index (χ2v) is 5.51. The molecule has 1 aromatic carbocycles. The van der Waals surface area contributed by atoms with Crippen LogP contribution in [0.3, 0.4) is 0 Å². The molecule has 3 heterocycles. The van der Waals surface area contributed by atoms with Gasteiger partial charge in [-0.15, -0.1) is 0 Å². The van der Waals surface area contributed by atoms with Gasteiger partial charge in [0.25, 0.3) is 0 Å². The predicted molar refractivity (Wildman–Crippen MR) is 75.9 cm³/mol. The molecule has 108 valence electrons. The smallest absolute Gasteiger partial charge is 0.231 e. The number of hydrogen-bond acceptors (Lipinski definition) is 4. The number of aromatic nitrogens is 2. The summed E-state index contributed by atoms with van der Waals surface area (Å²) in [6.45, 7) is 0.193. The average Bonchev–Trinajstić information content (AvgIpc) is 3.04. The Morgan fingerprint density at radius 1 is 1.33 bits per heavy atom. The van der Waals surface area contributed by atoms with Gasteiger partial charge in [0.05, 0.1) is 6.20 Å². The van der Waals surface area contributed by atoms with Gasteiger partial charge < -0.3 is 14.8 Å². The first-order valence-electron chi connectivity index (χ1n) is 6.54. The summed E-state index contributed by atoms with van der Waals surface area (Å²) < 4.78 is 12.4. The van der Waals surface area contributed by atoms with Gasteiger partial charge in [-0.05, 0) is 11.6 Å². The van der Waals surface area contributed by atoms with Gasteiger partial charge in [-0.1, -0.05) is 11.6 Å². The SMILES string of the molecule is Cn1ncc2c1NC(=O)C[C@@H]2c1cc2c(cc1Cl)OCO2. The average molecular weight is 306 g/mol. The van der Waals surface area contributed by atoms with Crippen LogP contribution in [-0.2, 0) is 11.8 Å². The Bertz CT molecular complexity index is 756. The number of carbonyl (C=O) groups excluding carboxylic acids is 1. The lowest BCUT2D eigenvalue weighted by Crippen LogP contribution is -2.24. The van der Waals surface area contributed by atoms with Crippen molar-refractivity contribution in [2.24, 2.45) is 7.05 Å². The standard InChI is InChI=1S/C14H12ClN3O3/c1-18-14-9(5-16-18)7(3-13(19)17-14)8-2-11-12(4-10(8)15)21-6-20-11/h2,4-5,7H,3,6H2,1H3,(H,17,19)/t7-/m1/s1. The molecule has 1 aromatic heterocycles. The van der Waals surface area contributed by atoms with E-state index in [2.05, 4.69) is 10.4 Å². The number of anilines is 1. The van der Waals surface area contributed by atoms with Crippen molar-refractivity contribution in [1.29, 1.82) is 0 Å². The van der Waals surface area contributed by atoms with E-state index in [1.54, 1.807) is 24.0 Å². The van der Waals surface area contributed by atoms with Crippen LogP contribution in [0.15, 0.2) is 18.3 Å². The van der Waals surface area contributed by atoms with Crippen LogP contribution in [0.25, 0.3) is 0 Å². The number of amides is 1. The van der Waals surface area contributed by atoms with Crippen molar-refractivity contribution in [3.05, 3.63) is 34.5 Å². The first-order chi connectivity index (χ1) is 10.1. The molecule has 21 heavy (non-hydrogen) atoms. The fourth-order valence-electron chi connectivity index (χ4n) is 2.82. The zero-order chi connectivity index (χ0) is 14.6. The molecule has 0 radical (unpaired) electrons. The lowest BCUT2D eigenvalue weighted by molar-refractivity contribution is -0.116. The minimum atomic E-state index is -0.135. The highest BCUT2D eigenvalue weighted by molar-refractivity contribution is 6.31. The Morgan fingerprint density at radius 2 is 2.10 bits per heavy atom. The minimum Gasteiger partial charge on any atom is -0.454 e. The van der Waals surface area contributed by atoms with E-state index >= 15 is 0 Å². The lowest BCUT2D eigenvalue weighted by atomic mass is 9.87. The van der Waals surface area contributed by atoms with E-state index in [0.29, 0.717) is 28.8 Å². The van der Waals surface area contributed by atoms with Gasteiger partial charge in [-0.2, -0.15) is 5.10 Å². The lowest BCUT2D eigenvalue weighted by Gasteiger charge is -2.24. The quantitative estimate of drug-likeness (QED) is 0.878. The molecule has 2 aliphatic heterocycles. The summed E-state index contributed by atoms with van der Waals surface area (Å²) in [4.78, 5) is 12.0. The molecule has 1 N–H and O–H groups in total. The first kappa shape index (κ1) is 12.5. The molecule has 4 rings (SSSR count). The Kier molecular flexibility index (Phi) is 2.62. The van der Waals surface area contributed by atoms with Crippen LogP contribution in [0.5, 0.6) is 11.5 Å². The van der Waals surface area contributed by atoms with Crippen LogP contribution in [0.1, 0.15) is 23.5 Å². The van der Waals surface area contributed by atoms with Gasteiger partial charge >= 0.3 is 0 Å². The van der Waals surface area contributed by atoms with E-state index in [-0.39, 0.29) is 18.6 Å². The second kappa shape index (κ2) is 4.39. The minimum absolute atomic E-state index is 0.0511. The number of nitrogens with one attached hydrogen (secondary N) is 1. The Labute approximate surface area is 125 Å². The zero-order valence-electron chi connectivity index (χ0n) is 11.2. The van der Waals surface area contributed by atoms with Crippen molar-refractivity contribution in [3.8, 4) is 11.5 Å². The largest absolute Gasteiger partial charge is 0.454 e. The number of aryl methyl sites for hydroxylation is 1. The molecular weight excluding hydrogens is 294 g/mol. The molecule has 0 aliphatic carbocycles. The summed E-state index contributed by atoms with van der Waals surface area (Å²) in [6.07, 6.45) is 2.10. The van der Waals surface area contributed by atoms with Crippen LogP contribution in [-0.4, -0.2) is 22.5 Å². The molecule has 0 bridgehead atoms. The third-order valence-electron chi connectivity index (χ3n) is 3.86. The van der Waals surface area contributed by atoms with Crippen LogP contribution in [0, 0.1) is 0 Å². The number of halogens is 1. The van der Waals surface area contributed by atoms with Crippen LogP contribution < -0.4 is 14.8 Å². The number of benzene rings is 1. The summed E-state index contributed by atoms with van der Waals surface area (Å²) in [5.74, 6) is 1.82. The third kappa shape index (κ3) is 1.86. The Morgan fingerprint density at radius 3 is 2.90 bits per heavy atom. The highest BCUT2D eigenvalue weighted by atomic mass is 35.5. The number of hydrogen-bond donors (Lipinski definition) is 1. The van der Waals surface area contributed by atoms with Crippen molar-refractivity contribution < 1.29 is 14.3 Å². The van der Waals surface area contributed by atoms with Crippen LogP contribution in [0.4, 0.5) is 5.82 Å². The molecule has 6 nitrogen and oxygen atoms in total. The maximum absolute atomic E-state index is 12.0. The van der Waals surface area contributed by atoms with Gasteiger partial charge in [0, 0.05) is 36.0 Å². The van der Waals surface area contributed by atoms with Gasteiger partial charge in [0.15, 0.2) is 11.5 Å². The topological polar surface area (TPSA) is 65.4 Å². The fraction of sp³-hybridized carbons (Fsp3) is 0.286. The van der Waals surface area contributed by atoms with Crippen molar-refractivity contribution in [3.63, 3.8) is 0 Å². The summed E-state index contributed by atoms with van der Waals surface area (Å²) in [5.41, 5.74) is 1.81. The molecule has 7 heteroatoms. The predicted octanol–water partition coefficient (Wildman–Crippen LogP) is 2.28. The van der Waals surface area contributed by atoms with Crippen molar-refractivity contribution in [1.82, 2.24) is 9.78 Å². The maximum Gasteiger partial charge on any atom is 0.231 e. The fourth-order valence-corrected chi connectivity index (χ4v) is 3.10. The second-order valence-electron chi connectivity index (χ2n) is 5.10. The van der Waals surface area contributed by atoms with E-state index in [1.165, 1.54) is 0 Å². The van der Waals surface area contributed by atoms with Crippen LogP contribution in [0.2, 0.25) is 5.02 Å². The summed E-state index contributed by atoms with van der Waals surface area (Å²) in [7, 11) is 1.79. The Balaban J connectivity index is 1.85. The monoisotopic (exact) mass is 305 g/mol. The van der Waals surface area contributed by atoms with Crippen molar-refractivity contribution in [2.75, 3.05) is 12.1 Å². The number of carbonyl (C=O) groups is 1. The van der Waals surface area contributed by atoms with E-state index < -0.39 is 0 Å². The Hall–Kier alpha value is -2.21. The first-order valence-corrected chi connectivity index (χ1v) is 6.92. The zero-order valence-corrected chi connectivity index (χ0v) is 12.0. The highest BCUT2D eigenvalue weighted by Crippen LogP contribution is 2.44. The van der Waals surface area contributed by atoms with Crippen molar-refractivity contribution in [2.45, 2.75) is 12.3 Å². The molecule has 2 aliphatic rings. The molecule has 0 saturated heterocycles. The molecule has 0 spiro atoms. The molecule has 0 fully saturated rings. The molecule has 0 unspecified atom stereocenters. The molecule has 1 amide bonds. The highest BCUT2D eigenvalue weighted by Gasteiger charge is 2.32. The van der Waals surface area contributed by atoms with E-state index in [9.17, 15) is 4.79 Å².